The first-order valence-electron chi connectivity index (χ1n) is 8.11. The van der Waals surface area contributed by atoms with E-state index >= 15 is 0 Å². The van der Waals surface area contributed by atoms with Gasteiger partial charge in [-0.05, 0) is 35.7 Å². The Morgan fingerprint density at radius 3 is 2.36 bits per heavy atom. The van der Waals surface area contributed by atoms with Crippen LogP contribution in [0.2, 0.25) is 0 Å². The van der Waals surface area contributed by atoms with Gasteiger partial charge in [-0.3, -0.25) is 4.79 Å². The number of nitriles is 1. The first kappa shape index (κ1) is 18.3. The molecule has 0 unspecified atom stereocenters. The van der Waals surface area contributed by atoms with E-state index in [1.165, 1.54) is 11.8 Å². The van der Waals surface area contributed by atoms with E-state index < -0.39 is 0 Å². The third-order valence-corrected chi connectivity index (χ3v) is 3.63. The van der Waals surface area contributed by atoms with Crippen LogP contribution in [-0.4, -0.2) is 24.8 Å². The Labute approximate surface area is 149 Å². The Morgan fingerprint density at radius 2 is 1.80 bits per heavy atom. The zero-order valence-corrected chi connectivity index (χ0v) is 15.0. The van der Waals surface area contributed by atoms with E-state index in [-0.39, 0.29) is 11.4 Å². The van der Waals surface area contributed by atoms with Gasteiger partial charge in [0, 0.05) is 25.9 Å². The van der Waals surface area contributed by atoms with Gasteiger partial charge in [0.25, 0.3) is 0 Å². The third-order valence-electron chi connectivity index (χ3n) is 3.63. The molecule has 25 heavy (non-hydrogen) atoms. The van der Waals surface area contributed by atoms with Crippen LogP contribution >= 0.6 is 0 Å². The first-order valence-corrected chi connectivity index (χ1v) is 8.11. The van der Waals surface area contributed by atoms with Crippen molar-refractivity contribution in [2.75, 3.05) is 14.1 Å². The van der Waals surface area contributed by atoms with E-state index in [9.17, 15) is 10.1 Å². The van der Waals surface area contributed by atoms with E-state index in [0.29, 0.717) is 23.0 Å². The Kier molecular flexibility index (Phi) is 5.97. The SMILES string of the molecule is CC(C)c1ccc(Oc2cccc(C(=O)/C(C#N)=C/N(C)C)c2)cc1. The molecule has 0 saturated carbocycles. The fourth-order valence-electron chi connectivity index (χ4n) is 2.31. The predicted molar refractivity (Wildman–Crippen MR) is 98.8 cm³/mol. The lowest BCUT2D eigenvalue weighted by Gasteiger charge is -2.10. The van der Waals surface area contributed by atoms with Gasteiger partial charge in [-0.15, -0.1) is 0 Å². The molecule has 0 fully saturated rings. The molecule has 0 radical (unpaired) electrons. The summed E-state index contributed by atoms with van der Waals surface area (Å²) in [5.41, 5.74) is 1.75. The topological polar surface area (TPSA) is 53.3 Å². The Morgan fingerprint density at radius 1 is 1.12 bits per heavy atom. The minimum absolute atomic E-state index is 0.0865. The Bertz CT molecular complexity index is 813. The lowest BCUT2D eigenvalue weighted by molar-refractivity contribution is 0.103. The number of benzene rings is 2. The van der Waals surface area contributed by atoms with Crippen molar-refractivity contribution in [1.29, 1.82) is 5.26 Å². The van der Waals surface area contributed by atoms with Crippen molar-refractivity contribution in [2.45, 2.75) is 19.8 Å². The number of hydrogen-bond acceptors (Lipinski definition) is 4. The number of ketones is 1. The molecule has 0 saturated heterocycles. The molecule has 0 aliphatic carbocycles. The maximum Gasteiger partial charge on any atom is 0.205 e. The van der Waals surface area contributed by atoms with Crippen LogP contribution in [0.5, 0.6) is 11.5 Å². The summed E-state index contributed by atoms with van der Waals surface area (Å²) in [6.07, 6.45) is 1.51. The van der Waals surface area contributed by atoms with Crippen LogP contribution in [0.15, 0.2) is 60.3 Å². The molecule has 0 amide bonds. The summed E-state index contributed by atoms with van der Waals surface area (Å²) < 4.78 is 5.83. The van der Waals surface area contributed by atoms with Crippen LogP contribution in [0.3, 0.4) is 0 Å². The smallest absolute Gasteiger partial charge is 0.205 e. The normalized spacial score (nSPS) is 11.1. The number of Topliss-reactive ketones (excluding diaryl/α,β-unsaturated/α-hetero) is 1. The summed E-state index contributed by atoms with van der Waals surface area (Å²) in [7, 11) is 3.54. The maximum absolute atomic E-state index is 12.5. The van der Waals surface area contributed by atoms with Crippen molar-refractivity contribution in [1.82, 2.24) is 4.90 Å². The quantitative estimate of drug-likeness (QED) is 0.434. The fraction of sp³-hybridized carbons (Fsp3) is 0.238. The van der Waals surface area contributed by atoms with Gasteiger partial charge in [-0.2, -0.15) is 5.26 Å². The second-order valence-corrected chi connectivity index (χ2v) is 6.30. The molecule has 0 spiro atoms. The standard InChI is InChI=1S/C21H22N2O2/c1-15(2)16-8-10-19(11-9-16)25-20-7-5-6-17(12-20)21(24)18(13-22)14-23(3)4/h5-12,14-15H,1-4H3/b18-14+. The lowest BCUT2D eigenvalue weighted by atomic mass is 10.0. The fourth-order valence-corrected chi connectivity index (χ4v) is 2.31. The number of hydrogen-bond donors (Lipinski definition) is 0. The van der Waals surface area contributed by atoms with Crippen molar-refractivity contribution < 1.29 is 9.53 Å². The minimum atomic E-state index is -0.322. The van der Waals surface area contributed by atoms with E-state index in [1.54, 1.807) is 43.3 Å². The molecule has 0 N–H and O–H groups in total. The van der Waals surface area contributed by atoms with E-state index in [0.717, 1.165) is 0 Å². The minimum Gasteiger partial charge on any atom is -0.457 e. The number of ether oxygens (including phenoxy) is 1. The maximum atomic E-state index is 12.5. The van der Waals surface area contributed by atoms with E-state index in [4.69, 9.17) is 4.74 Å². The molecule has 2 aromatic rings. The Balaban J connectivity index is 2.21. The van der Waals surface area contributed by atoms with Crippen LogP contribution in [0, 0.1) is 11.3 Å². The number of allylic oxidation sites excluding steroid dienone is 1. The number of nitrogens with zero attached hydrogens (tertiary/aromatic N) is 2. The predicted octanol–water partition coefficient (Wildman–Crippen LogP) is 4.75. The molecule has 0 bridgehead atoms. The van der Waals surface area contributed by atoms with Crippen molar-refractivity contribution >= 4 is 5.78 Å². The zero-order chi connectivity index (χ0) is 18.4. The summed E-state index contributed by atoms with van der Waals surface area (Å²) in [5, 5.41) is 9.18. The lowest BCUT2D eigenvalue weighted by Crippen LogP contribution is -2.08. The van der Waals surface area contributed by atoms with Crippen molar-refractivity contribution in [3.63, 3.8) is 0 Å². The molecule has 128 valence electrons. The van der Waals surface area contributed by atoms with Gasteiger partial charge in [-0.25, -0.2) is 0 Å². The summed E-state index contributed by atoms with van der Waals surface area (Å²) in [5.74, 6) is 1.41. The van der Waals surface area contributed by atoms with Gasteiger partial charge in [-0.1, -0.05) is 38.1 Å². The molecule has 0 aromatic heterocycles. The van der Waals surface area contributed by atoms with Gasteiger partial charge in [0.15, 0.2) is 0 Å². The van der Waals surface area contributed by atoms with Gasteiger partial charge in [0.05, 0.1) is 0 Å². The molecule has 4 heteroatoms. The molecule has 0 aliphatic heterocycles. The van der Waals surface area contributed by atoms with Gasteiger partial charge >= 0.3 is 0 Å². The second-order valence-electron chi connectivity index (χ2n) is 6.30. The number of carbonyl (C=O) groups is 1. The molecule has 4 nitrogen and oxygen atoms in total. The van der Waals surface area contributed by atoms with Gasteiger partial charge < -0.3 is 9.64 Å². The molecule has 2 rings (SSSR count). The third kappa shape index (κ3) is 4.95. The van der Waals surface area contributed by atoms with Crippen LogP contribution in [0.1, 0.15) is 35.7 Å². The largest absolute Gasteiger partial charge is 0.457 e. The zero-order valence-electron chi connectivity index (χ0n) is 15.0. The van der Waals surface area contributed by atoms with Gasteiger partial charge in [0.2, 0.25) is 5.78 Å². The average Bonchev–Trinajstić information content (AvgIpc) is 2.59. The van der Waals surface area contributed by atoms with E-state index in [2.05, 4.69) is 13.8 Å². The van der Waals surface area contributed by atoms with Crippen molar-refractivity contribution in [3.8, 4) is 17.6 Å². The highest BCUT2D eigenvalue weighted by atomic mass is 16.5. The highest BCUT2D eigenvalue weighted by molar-refractivity contribution is 6.11. The average molecular weight is 334 g/mol. The van der Waals surface area contributed by atoms with Crippen molar-refractivity contribution in [3.05, 3.63) is 71.4 Å². The molecular formula is C21H22N2O2. The molecule has 0 aliphatic rings. The van der Waals surface area contributed by atoms with Crippen LogP contribution in [0.25, 0.3) is 0 Å². The summed E-state index contributed by atoms with van der Waals surface area (Å²) in [4.78, 5) is 14.1. The highest BCUT2D eigenvalue weighted by Crippen LogP contribution is 2.25. The molecule has 0 atom stereocenters. The summed E-state index contributed by atoms with van der Waals surface area (Å²) >= 11 is 0. The van der Waals surface area contributed by atoms with Crippen LogP contribution in [-0.2, 0) is 0 Å². The van der Waals surface area contributed by atoms with E-state index in [1.807, 2.05) is 30.3 Å². The number of carbonyl (C=O) groups excluding carboxylic acids is 1. The molecular weight excluding hydrogens is 312 g/mol. The first-order chi connectivity index (χ1) is 11.9. The number of rotatable bonds is 6. The molecule has 2 aromatic carbocycles. The highest BCUT2D eigenvalue weighted by Gasteiger charge is 2.13. The molecule has 0 heterocycles. The summed E-state index contributed by atoms with van der Waals surface area (Å²) in [6.45, 7) is 4.28. The van der Waals surface area contributed by atoms with Crippen LogP contribution in [0.4, 0.5) is 0 Å². The Hall–Kier alpha value is -3.06. The van der Waals surface area contributed by atoms with Gasteiger partial charge in [0.1, 0.15) is 23.1 Å². The van der Waals surface area contributed by atoms with Crippen LogP contribution < -0.4 is 4.74 Å². The monoisotopic (exact) mass is 334 g/mol. The second kappa shape index (κ2) is 8.16. The van der Waals surface area contributed by atoms with Crippen molar-refractivity contribution in [2.24, 2.45) is 0 Å². The summed E-state index contributed by atoms with van der Waals surface area (Å²) in [6, 6.07) is 16.7.